The summed E-state index contributed by atoms with van der Waals surface area (Å²) in [6.45, 7) is -1.39. The fraction of sp³-hybridized carbons (Fsp3) is 0.0588. The number of benzene rings is 4. The first-order valence-electron chi connectivity index (χ1n) is 14.1. The molecule has 232 valence electrons. The number of anilines is 1. The number of ketones is 1. The average molecular weight is 648 g/mol. The van der Waals surface area contributed by atoms with Crippen molar-refractivity contribution in [3.63, 3.8) is 0 Å². The monoisotopic (exact) mass is 647 g/mol. The number of rotatable bonds is 9. The fourth-order valence-corrected chi connectivity index (χ4v) is 5.39. The Morgan fingerprint density at radius 3 is 1.70 bits per heavy atom. The number of carbonyl (C=O) groups is 7. The highest BCUT2D eigenvalue weighted by Crippen LogP contribution is 2.28. The van der Waals surface area contributed by atoms with E-state index in [0.717, 1.165) is 21.0 Å². The minimum atomic E-state index is -0.861. The number of imide groups is 2. The van der Waals surface area contributed by atoms with Crippen LogP contribution in [0, 0.1) is 0 Å². The molecule has 47 heavy (non-hydrogen) atoms. The van der Waals surface area contributed by atoms with Crippen LogP contribution in [0.15, 0.2) is 102 Å². The molecule has 4 aromatic carbocycles. The van der Waals surface area contributed by atoms with Crippen LogP contribution in [0.5, 0.6) is 0 Å². The second-order valence-electron chi connectivity index (χ2n) is 10.4. The van der Waals surface area contributed by atoms with E-state index in [-0.39, 0.29) is 44.1 Å². The molecule has 13 heteroatoms. The molecule has 0 atom stereocenters. The molecule has 2 heterocycles. The third-order valence-corrected chi connectivity index (χ3v) is 7.72. The number of carbonyl (C=O) groups excluding carboxylic acids is 7. The Kier molecular flexibility index (Phi) is 8.25. The van der Waals surface area contributed by atoms with Crippen LogP contribution in [0.4, 0.5) is 5.69 Å². The Labute approximate surface area is 271 Å². The van der Waals surface area contributed by atoms with Gasteiger partial charge in [-0.2, -0.15) is 5.10 Å². The summed E-state index contributed by atoms with van der Waals surface area (Å²) in [6, 6.07) is 24.6. The van der Waals surface area contributed by atoms with Crippen molar-refractivity contribution in [3.05, 3.63) is 135 Å². The number of hydrazone groups is 1. The van der Waals surface area contributed by atoms with Gasteiger partial charge in [-0.15, -0.1) is 0 Å². The zero-order valence-electron chi connectivity index (χ0n) is 24.3. The van der Waals surface area contributed by atoms with Crippen molar-refractivity contribution in [1.29, 1.82) is 0 Å². The largest absolute Gasteiger partial charge is 0.289 e. The van der Waals surface area contributed by atoms with Gasteiger partial charge in [0.05, 0.1) is 27.9 Å². The van der Waals surface area contributed by atoms with Gasteiger partial charge in [-0.1, -0.05) is 66.2 Å². The summed E-state index contributed by atoms with van der Waals surface area (Å²) in [5.41, 5.74) is 3.05. The number of halogens is 1. The molecule has 0 aromatic heterocycles. The Morgan fingerprint density at radius 1 is 0.681 bits per heavy atom. The Hall–Kier alpha value is -6.27. The summed E-state index contributed by atoms with van der Waals surface area (Å²) in [4.78, 5) is 94.0. The molecule has 0 unspecified atom stereocenters. The summed E-state index contributed by atoms with van der Waals surface area (Å²) in [7, 11) is 0. The van der Waals surface area contributed by atoms with Gasteiger partial charge in [0.25, 0.3) is 35.4 Å². The SMILES string of the molecule is O=C(CN1C(=O)c2ccccc2C1=O)NN=CN(C(=O)CN1C(=O)c2ccccc2C1=O)c1ccc(Cl)cc1C(=O)c1ccccc1. The van der Waals surface area contributed by atoms with Gasteiger partial charge in [0.1, 0.15) is 19.4 Å². The van der Waals surface area contributed by atoms with Crippen LogP contribution >= 0.6 is 11.6 Å². The van der Waals surface area contributed by atoms with Crippen molar-refractivity contribution in [1.82, 2.24) is 15.2 Å². The van der Waals surface area contributed by atoms with Crippen LogP contribution in [-0.2, 0) is 9.59 Å². The van der Waals surface area contributed by atoms with E-state index in [1.807, 2.05) is 0 Å². The second kappa shape index (κ2) is 12.6. The molecular weight excluding hydrogens is 626 g/mol. The van der Waals surface area contributed by atoms with Crippen molar-refractivity contribution in [2.24, 2.45) is 5.10 Å². The molecule has 6 amide bonds. The lowest BCUT2D eigenvalue weighted by Crippen LogP contribution is -2.43. The molecule has 4 aromatic rings. The number of nitrogens with one attached hydrogen (secondary N) is 1. The van der Waals surface area contributed by atoms with E-state index in [2.05, 4.69) is 10.5 Å². The maximum absolute atomic E-state index is 13.8. The number of hydrogen-bond acceptors (Lipinski definition) is 8. The first-order valence-corrected chi connectivity index (χ1v) is 14.5. The van der Waals surface area contributed by atoms with Crippen molar-refractivity contribution in [3.8, 4) is 0 Å². The third kappa shape index (κ3) is 5.80. The van der Waals surface area contributed by atoms with E-state index in [1.165, 1.54) is 42.5 Å². The van der Waals surface area contributed by atoms with Gasteiger partial charge in [-0.05, 0) is 42.5 Å². The minimum Gasteiger partial charge on any atom is -0.289 e. The molecule has 0 aliphatic carbocycles. The Balaban J connectivity index is 1.28. The lowest BCUT2D eigenvalue weighted by molar-refractivity contribution is -0.121. The zero-order valence-corrected chi connectivity index (χ0v) is 25.0. The highest BCUT2D eigenvalue weighted by Gasteiger charge is 2.38. The maximum atomic E-state index is 13.8. The third-order valence-electron chi connectivity index (χ3n) is 7.48. The van der Waals surface area contributed by atoms with E-state index in [9.17, 15) is 33.6 Å². The molecule has 2 aliphatic rings. The van der Waals surface area contributed by atoms with Crippen molar-refractivity contribution < 1.29 is 33.6 Å². The molecule has 0 radical (unpaired) electrons. The molecule has 6 rings (SSSR count). The Bertz CT molecular complexity index is 1980. The van der Waals surface area contributed by atoms with Gasteiger partial charge < -0.3 is 0 Å². The van der Waals surface area contributed by atoms with E-state index in [4.69, 9.17) is 11.6 Å². The van der Waals surface area contributed by atoms with Crippen molar-refractivity contribution in [2.75, 3.05) is 18.0 Å². The van der Waals surface area contributed by atoms with Crippen LogP contribution in [0.3, 0.4) is 0 Å². The quantitative estimate of drug-likeness (QED) is 0.0958. The van der Waals surface area contributed by atoms with Crippen molar-refractivity contribution >= 4 is 64.9 Å². The molecule has 0 saturated carbocycles. The smallest absolute Gasteiger partial charge is 0.262 e. The normalized spacial score (nSPS) is 13.6. The predicted molar refractivity (Wildman–Crippen MR) is 169 cm³/mol. The maximum Gasteiger partial charge on any atom is 0.262 e. The van der Waals surface area contributed by atoms with E-state index >= 15 is 0 Å². The molecule has 0 fully saturated rings. The highest BCUT2D eigenvalue weighted by molar-refractivity contribution is 6.32. The summed E-state index contributed by atoms with van der Waals surface area (Å²) >= 11 is 6.24. The first kappa shape index (κ1) is 30.7. The predicted octanol–water partition coefficient (Wildman–Crippen LogP) is 3.56. The van der Waals surface area contributed by atoms with Gasteiger partial charge in [0, 0.05) is 16.1 Å². The topological polar surface area (TPSA) is 154 Å². The standard InChI is InChI=1S/C34H22ClN5O7/c35-21-14-15-27(26(16-21)30(43)20-8-2-1-3-9-20)40(29(42)18-39-33(46)24-12-6-7-13-25(24)34(39)47)19-36-37-28(41)17-38-31(44)22-10-4-5-11-23(22)32(38)45/h1-16,19H,17-18H2,(H,37,41). The number of amides is 6. The lowest BCUT2D eigenvalue weighted by atomic mass is 10.0. The van der Waals surface area contributed by atoms with E-state index < -0.39 is 54.3 Å². The van der Waals surface area contributed by atoms with Crippen LogP contribution < -0.4 is 10.3 Å². The highest BCUT2D eigenvalue weighted by atomic mass is 35.5. The Morgan fingerprint density at radius 2 is 1.17 bits per heavy atom. The van der Waals surface area contributed by atoms with Gasteiger partial charge in [0.15, 0.2) is 5.78 Å². The van der Waals surface area contributed by atoms with Crippen molar-refractivity contribution in [2.45, 2.75) is 0 Å². The number of nitrogens with zero attached hydrogens (tertiary/aromatic N) is 4. The average Bonchev–Trinajstić information content (AvgIpc) is 3.47. The van der Waals surface area contributed by atoms with Crippen LogP contribution in [0.25, 0.3) is 0 Å². The second-order valence-corrected chi connectivity index (χ2v) is 10.8. The molecule has 0 saturated heterocycles. The van der Waals surface area contributed by atoms with E-state index in [1.54, 1.807) is 54.6 Å². The molecule has 12 nitrogen and oxygen atoms in total. The molecule has 0 bridgehead atoms. The number of fused-ring (bicyclic) bond motifs is 2. The lowest BCUT2D eigenvalue weighted by Gasteiger charge is -2.23. The number of hydrogen-bond donors (Lipinski definition) is 1. The van der Waals surface area contributed by atoms with Gasteiger partial charge in [-0.3, -0.25) is 48.3 Å². The summed E-state index contributed by atoms with van der Waals surface area (Å²) < 4.78 is 0. The van der Waals surface area contributed by atoms with Crippen LogP contribution in [-0.4, -0.2) is 70.5 Å². The van der Waals surface area contributed by atoms with Gasteiger partial charge in [-0.25, -0.2) is 5.43 Å². The van der Waals surface area contributed by atoms with Crippen LogP contribution in [0.2, 0.25) is 5.02 Å². The summed E-state index contributed by atoms with van der Waals surface area (Å²) in [5.74, 6) is -4.86. The van der Waals surface area contributed by atoms with Gasteiger partial charge in [0.2, 0.25) is 0 Å². The summed E-state index contributed by atoms with van der Waals surface area (Å²) in [5, 5.41) is 4.04. The zero-order chi connectivity index (χ0) is 33.2. The minimum absolute atomic E-state index is 0.0109. The molecule has 0 spiro atoms. The molecular formula is C34H22ClN5O7. The summed E-state index contributed by atoms with van der Waals surface area (Å²) in [6.07, 6.45) is 0.895. The fourth-order valence-electron chi connectivity index (χ4n) is 5.22. The molecule has 1 N–H and O–H groups in total. The first-order chi connectivity index (χ1) is 22.7. The van der Waals surface area contributed by atoms with Gasteiger partial charge >= 0.3 is 0 Å². The molecule has 2 aliphatic heterocycles. The van der Waals surface area contributed by atoms with Crippen LogP contribution in [0.1, 0.15) is 57.4 Å². The van der Waals surface area contributed by atoms with E-state index in [0.29, 0.717) is 0 Å².